The number of hydrogen-bond donors (Lipinski definition) is 0. The molecule has 41 heavy (non-hydrogen) atoms. The maximum Gasteiger partial charge on any atom is 0.330 e. The lowest BCUT2D eigenvalue weighted by atomic mass is 10.3. The molecule has 0 aliphatic rings. The molecular formula is C30H54O11. The fourth-order valence-corrected chi connectivity index (χ4v) is 2.97. The first-order valence-electron chi connectivity index (χ1n) is 14.3. The predicted molar refractivity (Wildman–Crippen MR) is 155 cm³/mol. The summed E-state index contributed by atoms with van der Waals surface area (Å²) in [6, 6.07) is 0. The lowest BCUT2D eigenvalue weighted by Gasteiger charge is -2.23. The monoisotopic (exact) mass is 590 g/mol. The van der Waals surface area contributed by atoms with Crippen LogP contribution in [-0.4, -0.2) is 114 Å². The van der Waals surface area contributed by atoms with E-state index in [9.17, 15) is 9.59 Å². The van der Waals surface area contributed by atoms with Gasteiger partial charge in [0.1, 0.15) is 12.7 Å². The van der Waals surface area contributed by atoms with Crippen LogP contribution in [0.15, 0.2) is 25.3 Å². The van der Waals surface area contributed by atoms with Crippen molar-refractivity contribution in [3.8, 4) is 0 Å². The molecule has 0 spiro atoms. The third kappa shape index (κ3) is 23.4. The van der Waals surface area contributed by atoms with Crippen molar-refractivity contribution in [2.24, 2.45) is 0 Å². The van der Waals surface area contributed by atoms with E-state index in [0.29, 0.717) is 39.6 Å². The smallest absolute Gasteiger partial charge is 0.330 e. The molecule has 0 saturated heterocycles. The molecule has 0 aliphatic carbocycles. The summed E-state index contributed by atoms with van der Waals surface area (Å²) < 4.78 is 50.4. The molecular weight excluding hydrogens is 536 g/mol. The molecule has 0 amide bonds. The molecule has 11 heteroatoms. The van der Waals surface area contributed by atoms with E-state index in [2.05, 4.69) is 13.2 Å². The first-order chi connectivity index (χ1) is 19.4. The highest BCUT2D eigenvalue weighted by atomic mass is 16.6. The van der Waals surface area contributed by atoms with Crippen LogP contribution >= 0.6 is 0 Å². The Labute approximate surface area is 246 Å². The summed E-state index contributed by atoms with van der Waals surface area (Å²) >= 11 is 0. The molecule has 0 rings (SSSR count). The third-order valence-corrected chi connectivity index (χ3v) is 5.42. The first kappa shape index (κ1) is 39.1. The molecule has 0 aromatic heterocycles. The minimum atomic E-state index is -0.471. The Morgan fingerprint density at radius 2 is 0.683 bits per heavy atom. The van der Waals surface area contributed by atoms with Crippen LogP contribution in [0.1, 0.15) is 55.4 Å². The lowest BCUT2D eigenvalue weighted by Crippen LogP contribution is -2.30. The number of carbonyl (C=O) groups is 2. The van der Waals surface area contributed by atoms with E-state index < -0.39 is 11.9 Å². The van der Waals surface area contributed by atoms with Crippen molar-refractivity contribution >= 4 is 11.9 Å². The molecule has 0 aromatic carbocycles. The van der Waals surface area contributed by atoms with Crippen LogP contribution in [0.25, 0.3) is 0 Å². The zero-order valence-electron chi connectivity index (χ0n) is 26.3. The Balaban J connectivity index is 3.92. The lowest BCUT2D eigenvalue weighted by molar-refractivity contribution is -0.147. The molecule has 0 saturated carbocycles. The van der Waals surface area contributed by atoms with Gasteiger partial charge in [-0.05, 0) is 55.4 Å². The highest BCUT2D eigenvalue weighted by molar-refractivity contribution is 5.81. The van der Waals surface area contributed by atoms with Gasteiger partial charge in [0, 0.05) is 12.2 Å². The van der Waals surface area contributed by atoms with Gasteiger partial charge in [-0.3, -0.25) is 0 Å². The van der Waals surface area contributed by atoms with Gasteiger partial charge in [-0.25, -0.2) is 9.59 Å². The molecule has 8 unspecified atom stereocenters. The summed E-state index contributed by atoms with van der Waals surface area (Å²) in [4.78, 5) is 22.3. The zero-order chi connectivity index (χ0) is 31.2. The molecule has 0 aliphatic heterocycles. The summed E-state index contributed by atoms with van der Waals surface area (Å²) in [5.41, 5.74) is 0. The van der Waals surface area contributed by atoms with Gasteiger partial charge < -0.3 is 42.6 Å². The second-order valence-corrected chi connectivity index (χ2v) is 10.3. The summed E-state index contributed by atoms with van der Waals surface area (Å²) in [6.45, 7) is 24.8. The predicted octanol–water partition coefficient (Wildman–Crippen LogP) is 3.67. The van der Waals surface area contributed by atoms with Crippen molar-refractivity contribution in [1.29, 1.82) is 0 Å². The molecule has 0 N–H and O–H groups in total. The number of carbonyl (C=O) groups excluding carboxylic acids is 2. The van der Waals surface area contributed by atoms with Gasteiger partial charge >= 0.3 is 11.9 Å². The molecule has 0 heterocycles. The minimum Gasteiger partial charge on any atom is -0.460 e. The topological polar surface area (TPSA) is 117 Å². The second-order valence-electron chi connectivity index (χ2n) is 10.3. The molecule has 0 bridgehead atoms. The Morgan fingerprint density at radius 1 is 0.439 bits per heavy atom. The largest absolute Gasteiger partial charge is 0.460 e. The van der Waals surface area contributed by atoms with Crippen LogP contribution in [0, 0.1) is 0 Å². The Morgan fingerprint density at radius 3 is 0.951 bits per heavy atom. The highest BCUT2D eigenvalue weighted by Gasteiger charge is 2.15. The van der Waals surface area contributed by atoms with Gasteiger partial charge in [-0.1, -0.05) is 13.2 Å². The summed E-state index contributed by atoms with van der Waals surface area (Å²) in [7, 11) is 0. The maximum absolute atomic E-state index is 11.2. The van der Waals surface area contributed by atoms with E-state index in [-0.39, 0.29) is 62.0 Å². The fraction of sp³-hybridized carbons (Fsp3) is 0.800. The Kier molecular flexibility index (Phi) is 22.6. The highest BCUT2D eigenvalue weighted by Crippen LogP contribution is 2.05. The normalized spacial score (nSPS) is 17.4. The minimum absolute atomic E-state index is 0.108. The summed E-state index contributed by atoms with van der Waals surface area (Å²) in [5.74, 6) is -0.941. The Hall–Kier alpha value is -1.86. The summed E-state index contributed by atoms with van der Waals surface area (Å²) in [6.07, 6.45) is 0.912. The number of hydrogen-bond acceptors (Lipinski definition) is 11. The second kappa shape index (κ2) is 23.7. The van der Waals surface area contributed by atoms with Crippen LogP contribution in [0.4, 0.5) is 0 Å². The van der Waals surface area contributed by atoms with Gasteiger partial charge in [-0.2, -0.15) is 0 Å². The van der Waals surface area contributed by atoms with Gasteiger partial charge in [0.05, 0.1) is 89.0 Å². The number of ether oxygens (including phenoxy) is 9. The summed E-state index contributed by atoms with van der Waals surface area (Å²) in [5, 5.41) is 0. The van der Waals surface area contributed by atoms with Crippen molar-refractivity contribution in [3.05, 3.63) is 25.3 Å². The van der Waals surface area contributed by atoms with Gasteiger partial charge in [0.15, 0.2) is 0 Å². The van der Waals surface area contributed by atoms with E-state index >= 15 is 0 Å². The molecule has 0 aromatic rings. The van der Waals surface area contributed by atoms with Crippen molar-refractivity contribution in [2.75, 3.05) is 52.9 Å². The van der Waals surface area contributed by atoms with Crippen molar-refractivity contribution < 1.29 is 52.2 Å². The molecule has 11 nitrogen and oxygen atoms in total. The van der Waals surface area contributed by atoms with Crippen LogP contribution in [-0.2, 0) is 52.2 Å². The van der Waals surface area contributed by atoms with E-state index in [0.717, 1.165) is 12.2 Å². The van der Waals surface area contributed by atoms with E-state index in [1.807, 2.05) is 48.5 Å². The van der Waals surface area contributed by atoms with Crippen LogP contribution in [0.3, 0.4) is 0 Å². The third-order valence-electron chi connectivity index (χ3n) is 5.42. The fourth-order valence-electron chi connectivity index (χ4n) is 2.97. The average molecular weight is 591 g/mol. The van der Waals surface area contributed by atoms with E-state index in [1.165, 1.54) is 0 Å². The SMILES string of the molecule is C=CC(=O)OCC(C)OCC(C)OCC(C)OCC(C)OCC(C)OCC(C)OCC(C)OCC(C)OC(=O)C=C. The first-order valence-corrected chi connectivity index (χ1v) is 14.3. The zero-order valence-corrected chi connectivity index (χ0v) is 26.3. The average Bonchev–Trinajstić information content (AvgIpc) is 2.95. The standard InChI is InChI=1S/C30H54O11/c1-11-29(31)40-19-27(9)38-17-25(7)36-15-23(5)34-13-21(3)33-14-22(4)35-16-24(6)37-18-26(8)39-20-28(10)41-30(32)12-2/h11-12,21-28H,1-2,13-20H2,3-10H3. The molecule has 240 valence electrons. The Bertz CT molecular complexity index is 717. The van der Waals surface area contributed by atoms with Gasteiger partial charge in [0.2, 0.25) is 0 Å². The van der Waals surface area contributed by atoms with Crippen molar-refractivity contribution in [1.82, 2.24) is 0 Å². The van der Waals surface area contributed by atoms with E-state index in [1.54, 1.807) is 6.92 Å². The molecule has 0 radical (unpaired) electrons. The van der Waals surface area contributed by atoms with Crippen molar-refractivity contribution in [3.63, 3.8) is 0 Å². The quantitative estimate of drug-likeness (QED) is 0.108. The van der Waals surface area contributed by atoms with E-state index in [4.69, 9.17) is 42.6 Å². The van der Waals surface area contributed by atoms with Crippen molar-refractivity contribution in [2.45, 2.75) is 104 Å². The van der Waals surface area contributed by atoms with Gasteiger partial charge in [0.25, 0.3) is 0 Å². The molecule has 8 atom stereocenters. The number of rotatable bonds is 26. The van der Waals surface area contributed by atoms with Crippen LogP contribution in [0.5, 0.6) is 0 Å². The maximum atomic E-state index is 11.2. The van der Waals surface area contributed by atoms with Crippen LogP contribution < -0.4 is 0 Å². The molecule has 0 fully saturated rings. The van der Waals surface area contributed by atoms with Crippen LogP contribution in [0.2, 0.25) is 0 Å². The number of esters is 2. The van der Waals surface area contributed by atoms with Gasteiger partial charge in [-0.15, -0.1) is 0 Å².